The lowest BCUT2D eigenvalue weighted by Crippen LogP contribution is -2.14. The standard InChI is InChI=1S/C13H20ClNO/c1-7(2)16-11-6-8(3)13(14)9(4)12(11)10(5)15/h6-7,10H,15H2,1-5H3. The summed E-state index contributed by atoms with van der Waals surface area (Å²) in [6, 6.07) is 1.89. The Kier molecular flexibility index (Phi) is 4.22. The van der Waals surface area contributed by atoms with Crippen molar-refractivity contribution < 1.29 is 4.74 Å². The maximum absolute atomic E-state index is 6.22. The van der Waals surface area contributed by atoms with E-state index in [1.807, 2.05) is 40.7 Å². The number of aryl methyl sites for hydroxylation is 1. The minimum atomic E-state index is -0.0770. The molecule has 0 aliphatic rings. The molecule has 1 aromatic carbocycles. The van der Waals surface area contributed by atoms with Gasteiger partial charge < -0.3 is 10.5 Å². The van der Waals surface area contributed by atoms with E-state index in [1.165, 1.54) is 0 Å². The third-order valence-electron chi connectivity index (χ3n) is 2.51. The van der Waals surface area contributed by atoms with Crippen molar-refractivity contribution in [3.8, 4) is 5.75 Å². The van der Waals surface area contributed by atoms with Crippen LogP contribution in [0.5, 0.6) is 5.75 Å². The predicted octanol–water partition coefficient (Wildman–Crippen LogP) is 3.76. The molecule has 0 saturated carbocycles. The molecule has 0 saturated heterocycles. The molecular formula is C13H20ClNO. The zero-order valence-electron chi connectivity index (χ0n) is 10.6. The van der Waals surface area contributed by atoms with Crippen LogP contribution in [0.2, 0.25) is 5.02 Å². The number of nitrogens with two attached hydrogens (primary N) is 1. The van der Waals surface area contributed by atoms with Crippen LogP contribution in [0.1, 0.15) is 43.5 Å². The molecule has 1 unspecified atom stereocenters. The average Bonchev–Trinajstić information content (AvgIpc) is 2.12. The van der Waals surface area contributed by atoms with Gasteiger partial charge >= 0.3 is 0 Å². The molecule has 90 valence electrons. The molecule has 0 aliphatic carbocycles. The minimum Gasteiger partial charge on any atom is -0.491 e. The first-order chi connectivity index (χ1) is 7.34. The highest BCUT2D eigenvalue weighted by Crippen LogP contribution is 2.35. The number of hydrogen-bond acceptors (Lipinski definition) is 2. The highest BCUT2D eigenvalue weighted by Gasteiger charge is 2.16. The first-order valence-electron chi connectivity index (χ1n) is 5.56. The van der Waals surface area contributed by atoms with E-state index >= 15 is 0 Å². The molecule has 0 fully saturated rings. The van der Waals surface area contributed by atoms with Crippen LogP contribution in [0.25, 0.3) is 0 Å². The molecule has 0 aromatic heterocycles. The zero-order chi connectivity index (χ0) is 12.5. The molecule has 16 heavy (non-hydrogen) atoms. The maximum atomic E-state index is 6.22. The van der Waals surface area contributed by atoms with E-state index in [-0.39, 0.29) is 12.1 Å². The van der Waals surface area contributed by atoms with Gasteiger partial charge in [-0.15, -0.1) is 0 Å². The third-order valence-corrected chi connectivity index (χ3v) is 3.09. The van der Waals surface area contributed by atoms with Crippen molar-refractivity contribution in [3.05, 3.63) is 27.8 Å². The first-order valence-corrected chi connectivity index (χ1v) is 5.94. The summed E-state index contributed by atoms with van der Waals surface area (Å²) < 4.78 is 5.78. The molecule has 1 rings (SSSR count). The van der Waals surface area contributed by atoms with Gasteiger partial charge in [0.2, 0.25) is 0 Å². The number of benzene rings is 1. The molecule has 1 aromatic rings. The quantitative estimate of drug-likeness (QED) is 0.875. The van der Waals surface area contributed by atoms with Crippen molar-refractivity contribution >= 4 is 11.6 Å². The van der Waals surface area contributed by atoms with Gasteiger partial charge in [-0.3, -0.25) is 0 Å². The lowest BCUT2D eigenvalue weighted by Gasteiger charge is -2.20. The van der Waals surface area contributed by atoms with Gasteiger partial charge in [-0.2, -0.15) is 0 Å². The van der Waals surface area contributed by atoms with E-state index in [1.54, 1.807) is 0 Å². The summed E-state index contributed by atoms with van der Waals surface area (Å²) in [4.78, 5) is 0. The molecule has 3 heteroatoms. The molecule has 0 amide bonds. The van der Waals surface area contributed by atoms with E-state index in [4.69, 9.17) is 22.1 Å². The second-order valence-corrected chi connectivity index (χ2v) is 4.88. The fourth-order valence-corrected chi connectivity index (χ4v) is 2.01. The first kappa shape index (κ1) is 13.3. The normalized spacial score (nSPS) is 13.0. The number of rotatable bonds is 3. The van der Waals surface area contributed by atoms with Gasteiger partial charge in [0.1, 0.15) is 5.75 Å². The Morgan fingerprint density at radius 1 is 1.25 bits per heavy atom. The van der Waals surface area contributed by atoms with Gasteiger partial charge in [-0.05, 0) is 51.8 Å². The smallest absolute Gasteiger partial charge is 0.125 e. The van der Waals surface area contributed by atoms with E-state index in [0.29, 0.717) is 0 Å². The van der Waals surface area contributed by atoms with Crippen LogP contribution in [0.15, 0.2) is 6.07 Å². The Morgan fingerprint density at radius 2 is 1.81 bits per heavy atom. The zero-order valence-corrected chi connectivity index (χ0v) is 11.4. The largest absolute Gasteiger partial charge is 0.491 e. The Balaban J connectivity index is 3.35. The van der Waals surface area contributed by atoms with E-state index in [0.717, 1.165) is 27.5 Å². The van der Waals surface area contributed by atoms with Crippen LogP contribution in [-0.4, -0.2) is 6.10 Å². The number of hydrogen-bond donors (Lipinski definition) is 1. The number of halogens is 1. The van der Waals surface area contributed by atoms with Crippen molar-refractivity contribution in [1.29, 1.82) is 0 Å². The van der Waals surface area contributed by atoms with Crippen LogP contribution in [-0.2, 0) is 0 Å². The van der Waals surface area contributed by atoms with Crippen LogP contribution in [0, 0.1) is 13.8 Å². The summed E-state index contributed by atoms with van der Waals surface area (Å²) in [6.07, 6.45) is 0.137. The fraction of sp³-hybridized carbons (Fsp3) is 0.538. The summed E-state index contributed by atoms with van der Waals surface area (Å²) >= 11 is 6.22. The van der Waals surface area contributed by atoms with Gasteiger partial charge in [0.05, 0.1) is 6.10 Å². The summed E-state index contributed by atoms with van der Waals surface area (Å²) in [5.74, 6) is 0.851. The Hall–Kier alpha value is -0.730. The van der Waals surface area contributed by atoms with Crippen LogP contribution in [0.3, 0.4) is 0 Å². The maximum Gasteiger partial charge on any atom is 0.125 e. The van der Waals surface area contributed by atoms with Crippen molar-refractivity contribution in [2.24, 2.45) is 5.73 Å². The lowest BCUT2D eigenvalue weighted by atomic mass is 9.99. The van der Waals surface area contributed by atoms with Crippen molar-refractivity contribution in [3.63, 3.8) is 0 Å². The van der Waals surface area contributed by atoms with E-state index in [9.17, 15) is 0 Å². The monoisotopic (exact) mass is 241 g/mol. The van der Waals surface area contributed by atoms with Crippen molar-refractivity contribution in [1.82, 2.24) is 0 Å². The summed E-state index contributed by atoms with van der Waals surface area (Å²) in [5.41, 5.74) is 9.02. The molecular weight excluding hydrogens is 222 g/mol. The summed E-state index contributed by atoms with van der Waals surface area (Å²) in [7, 11) is 0. The highest BCUT2D eigenvalue weighted by atomic mass is 35.5. The van der Waals surface area contributed by atoms with Gasteiger partial charge in [-0.1, -0.05) is 11.6 Å². The average molecular weight is 242 g/mol. The van der Waals surface area contributed by atoms with Crippen molar-refractivity contribution in [2.75, 3.05) is 0 Å². The predicted molar refractivity (Wildman–Crippen MR) is 69.3 cm³/mol. The molecule has 1 atom stereocenters. The molecule has 0 heterocycles. The molecule has 2 nitrogen and oxygen atoms in total. The van der Waals surface area contributed by atoms with Gasteiger partial charge in [0.25, 0.3) is 0 Å². The Morgan fingerprint density at radius 3 is 2.25 bits per heavy atom. The van der Waals surface area contributed by atoms with Gasteiger partial charge in [-0.25, -0.2) is 0 Å². The molecule has 2 N–H and O–H groups in total. The SMILES string of the molecule is Cc1cc(OC(C)C)c(C(C)N)c(C)c1Cl. The van der Waals surface area contributed by atoms with Crippen LogP contribution in [0.4, 0.5) is 0 Å². The van der Waals surface area contributed by atoms with E-state index < -0.39 is 0 Å². The topological polar surface area (TPSA) is 35.2 Å². The van der Waals surface area contributed by atoms with Crippen molar-refractivity contribution in [2.45, 2.75) is 46.8 Å². The second kappa shape index (κ2) is 5.07. The van der Waals surface area contributed by atoms with E-state index in [2.05, 4.69) is 0 Å². The minimum absolute atomic E-state index is 0.0770. The van der Waals surface area contributed by atoms with Crippen LogP contribution >= 0.6 is 11.6 Å². The molecule has 0 aliphatic heterocycles. The second-order valence-electron chi connectivity index (χ2n) is 4.50. The molecule has 0 spiro atoms. The summed E-state index contributed by atoms with van der Waals surface area (Å²) in [6.45, 7) is 9.92. The molecule has 0 bridgehead atoms. The Labute approximate surface area is 103 Å². The van der Waals surface area contributed by atoms with Gasteiger partial charge in [0, 0.05) is 16.6 Å². The highest BCUT2D eigenvalue weighted by molar-refractivity contribution is 6.32. The Bertz CT molecular complexity index is 386. The number of ether oxygens (including phenoxy) is 1. The van der Waals surface area contributed by atoms with Crippen LogP contribution < -0.4 is 10.5 Å². The lowest BCUT2D eigenvalue weighted by molar-refractivity contribution is 0.238. The molecule has 0 radical (unpaired) electrons. The van der Waals surface area contributed by atoms with Gasteiger partial charge in [0.15, 0.2) is 0 Å². The summed E-state index contributed by atoms with van der Waals surface area (Å²) in [5, 5.41) is 0.781. The fourth-order valence-electron chi connectivity index (χ4n) is 1.85. The third kappa shape index (κ3) is 2.69.